The first-order chi connectivity index (χ1) is 8.01. The van der Waals surface area contributed by atoms with Crippen LogP contribution in [0.5, 0.6) is 0 Å². The highest BCUT2D eigenvalue weighted by molar-refractivity contribution is 5.75. The first-order valence-corrected chi connectivity index (χ1v) is 6.02. The number of halogens is 3. The third-order valence-electron chi connectivity index (χ3n) is 3.45. The lowest BCUT2D eigenvalue weighted by Crippen LogP contribution is -2.46. The quantitative estimate of drug-likeness (QED) is 0.783. The van der Waals surface area contributed by atoms with E-state index in [9.17, 15) is 23.1 Å². The van der Waals surface area contributed by atoms with Crippen LogP contribution >= 0.6 is 0 Å². The highest BCUT2D eigenvalue weighted by Crippen LogP contribution is 2.38. The Morgan fingerprint density at radius 1 is 1.28 bits per heavy atom. The number of esters is 1. The first-order valence-electron chi connectivity index (χ1n) is 6.02. The fraction of sp³-hybridized carbons (Fsp3) is 0.917. The Balaban J connectivity index is 2.78. The molecule has 106 valence electrons. The number of hydrogen-bond donors (Lipinski definition) is 1. The van der Waals surface area contributed by atoms with E-state index in [0.29, 0.717) is 12.8 Å². The van der Waals surface area contributed by atoms with Crippen LogP contribution < -0.4 is 0 Å². The Morgan fingerprint density at radius 3 is 2.28 bits per heavy atom. The van der Waals surface area contributed by atoms with Gasteiger partial charge in [-0.15, -0.1) is 0 Å². The molecule has 0 aromatic rings. The van der Waals surface area contributed by atoms with Gasteiger partial charge in [0.25, 0.3) is 0 Å². The molecule has 1 aliphatic carbocycles. The summed E-state index contributed by atoms with van der Waals surface area (Å²) in [5.74, 6) is -2.44. The summed E-state index contributed by atoms with van der Waals surface area (Å²) in [6, 6.07) is 0. The lowest BCUT2D eigenvalue weighted by atomic mass is 9.73. The minimum Gasteiger partial charge on any atom is -0.455 e. The molecule has 0 amide bonds. The summed E-state index contributed by atoms with van der Waals surface area (Å²) < 4.78 is 41.1. The minimum absolute atomic E-state index is 0.189. The first kappa shape index (κ1) is 15.3. The summed E-state index contributed by atoms with van der Waals surface area (Å²) >= 11 is 0. The number of alkyl halides is 3. The largest absolute Gasteiger partial charge is 0.490 e. The molecule has 0 bridgehead atoms. The molecule has 3 nitrogen and oxygen atoms in total. The van der Waals surface area contributed by atoms with E-state index >= 15 is 0 Å². The molecule has 1 rings (SSSR count). The molecule has 18 heavy (non-hydrogen) atoms. The molecule has 0 aliphatic heterocycles. The molecule has 6 heteroatoms. The molecule has 3 atom stereocenters. The van der Waals surface area contributed by atoms with E-state index in [2.05, 4.69) is 4.74 Å². The lowest BCUT2D eigenvalue weighted by Gasteiger charge is -2.40. The van der Waals surface area contributed by atoms with Crippen LogP contribution in [0, 0.1) is 11.8 Å². The SMILES string of the molecule is CC1CCC(C(C)(C)O)[C@H](OC(=O)C(F)(F)F)C1. The standard InChI is InChI=1S/C12H19F3O3/c1-7-4-5-8(11(2,3)17)9(6-7)18-10(16)12(13,14)15/h7-9,17H,4-6H2,1-3H3/t7?,8?,9-/m1/s1. The number of aliphatic hydroxyl groups is 1. The van der Waals surface area contributed by atoms with Crippen LogP contribution in [0.15, 0.2) is 0 Å². The molecular weight excluding hydrogens is 249 g/mol. The third kappa shape index (κ3) is 3.86. The Kier molecular flexibility index (Phi) is 4.30. The summed E-state index contributed by atoms with van der Waals surface area (Å²) in [5, 5.41) is 9.94. The maximum Gasteiger partial charge on any atom is 0.490 e. The van der Waals surface area contributed by atoms with Crippen LogP contribution in [0.4, 0.5) is 13.2 Å². The van der Waals surface area contributed by atoms with Crippen molar-refractivity contribution in [3.8, 4) is 0 Å². The zero-order valence-electron chi connectivity index (χ0n) is 10.8. The van der Waals surface area contributed by atoms with Crippen molar-refractivity contribution in [2.24, 2.45) is 11.8 Å². The van der Waals surface area contributed by atoms with Crippen LogP contribution in [0.3, 0.4) is 0 Å². The molecule has 0 radical (unpaired) electrons. The van der Waals surface area contributed by atoms with Gasteiger partial charge < -0.3 is 9.84 Å². The van der Waals surface area contributed by atoms with Gasteiger partial charge >= 0.3 is 12.1 Å². The zero-order valence-corrected chi connectivity index (χ0v) is 10.8. The van der Waals surface area contributed by atoms with E-state index in [-0.39, 0.29) is 5.92 Å². The predicted molar refractivity (Wildman–Crippen MR) is 58.7 cm³/mol. The number of carbonyl (C=O) groups is 1. The van der Waals surface area contributed by atoms with Crippen LogP contribution in [-0.4, -0.2) is 29.0 Å². The van der Waals surface area contributed by atoms with Crippen molar-refractivity contribution in [3.63, 3.8) is 0 Å². The topological polar surface area (TPSA) is 46.5 Å². The van der Waals surface area contributed by atoms with Crippen LogP contribution in [-0.2, 0) is 9.53 Å². The Bertz CT molecular complexity index is 307. The highest BCUT2D eigenvalue weighted by Gasteiger charge is 2.46. The average Bonchev–Trinajstić information content (AvgIpc) is 2.13. The average molecular weight is 268 g/mol. The molecule has 1 saturated carbocycles. The van der Waals surface area contributed by atoms with Crippen LogP contribution in [0.25, 0.3) is 0 Å². The van der Waals surface area contributed by atoms with E-state index in [1.54, 1.807) is 0 Å². The Hall–Kier alpha value is -0.780. The lowest BCUT2D eigenvalue weighted by molar-refractivity contribution is -0.213. The second-order valence-electron chi connectivity index (χ2n) is 5.62. The summed E-state index contributed by atoms with van der Waals surface area (Å²) in [6.07, 6.45) is -4.13. The van der Waals surface area contributed by atoms with E-state index in [4.69, 9.17) is 0 Å². The van der Waals surface area contributed by atoms with E-state index < -0.39 is 29.8 Å². The van der Waals surface area contributed by atoms with Crippen molar-refractivity contribution < 1.29 is 27.8 Å². The van der Waals surface area contributed by atoms with Crippen LogP contribution in [0.1, 0.15) is 40.0 Å². The van der Waals surface area contributed by atoms with Crippen molar-refractivity contribution in [2.75, 3.05) is 0 Å². The van der Waals surface area contributed by atoms with Crippen molar-refractivity contribution in [2.45, 2.75) is 57.9 Å². The van der Waals surface area contributed by atoms with E-state index in [0.717, 1.165) is 6.42 Å². The maximum absolute atomic E-state index is 12.2. The molecule has 1 aliphatic rings. The predicted octanol–water partition coefficient (Wildman–Crippen LogP) is 2.67. The second-order valence-corrected chi connectivity index (χ2v) is 5.62. The van der Waals surface area contributed by atoms with Crippen LogP contribution in [0.2, 0.25) is 0 Å². The number of carbonyl (C=O) groups excluding carboxylic acids is 1. The smallest absolute Gasteiger partial charge is 0.455 e. The van der Waals surface area contributed by atoms with Gasteiger partial charge in [0.2, 0.25) is 0 Å². The number of hydrogen-bond acceptors (Lipinski definition) is 3. The van der Waals surface area contributed by atoms with Crippen molar-refractivity contribution >= 4 is 5.97 Å². The molecule has 0 aromatic carbocycles. The summed E-state index contributed by atoms with van der Waals surface area (Å²) in [7, 11) is 0. The van der Waals surface area contributed by atoms with Crippen molar-refractivity contribution in [3.05, 3.63) is 0 Å². The van der Waals surface area contributed by atoms with Gasteiger partial charge in [0, 0.05) is 5.92 Å². The van der Waals surface area contributed by atoms with Gasteiger partial charge in [-0.3, -0.25) is 0 Å². The van der Waals surface area contributed by atoms with Gasteiger partial charge in [0.15, 0.2) is 0 Å². The second kappa shape index (κ2) is 5.07. The number of ether oxygens (including phenoxy) is 1. The van der Waals surface area contributed by atoms with Gasteiger partial charge in [0.1, 0.15) is 6.10 Å². The Morgan fingerprint density at radius 2 is 1.83 bits per heavy atom. The molecule has 1 N–H and O–H groups in total. The van der Waals surface area contributed by atoms with Gasteiger partial charge in [-0.2, -0.15) is 13.2 Å². The summed E-state index contributed by atoms with van der Waals surface area (Å²) in [4.78, 5) is 10.9. The molecule has 0 spiro atoms. The molecular formula is C12H19F3O3. The normalized spacial score (nSPS) is 30.1. The fourth-order valence-electron chi connectivity index (χ4n) is 2.47. The van der Waals surface area contributed by atoms with E-state index in [1.807, 2.05) is 6.92 Å². The third-order valence-corrected chi connectivity index (χ3v) is 3.45. The Labute approximate surface area is 104 Å². The van der Waals surface area contributed by atoms with Gasteiger partial charge in [-0.25, -0.2) is 4.79 Å². The minimum atomic E-state index is -4.98. The summed E-state index contributed by atoms with van der Waals surface area (Å²) in [6.45, 7) is 4.96. The molecule has 2 unspecified atom stereocenters. The fourth-order valence-corrected chi connectivity index (χ4v) is 2.47. The molecule has 0 aromatic heterocycles. The highest BCUT2D eigenvalue weighted by atomic mass is 19.4. The zero-order chi connectivity index (χ0) is 14.1. The van der Waals surface area contributed by atoms with Gasteiger partial charge in [0.05, 0.1) is 5.60 Å². The summed E-state index contributed by atoms with van der Waals surface area (Å²) in [5.41, 5.74) is -1.16. The molecule has 0 heterocycles. The van der Waals surface area contributed by atoms with Crippen molar-refractivity contribution in [1.29, 1.82) is 0 Å². The molecule has 0 saturated heterocycles. The monoisotopic (exact) mass is 268 g/mol. The van der Waals surface area contributed by atoms with Gasteiger partial charge in [-0.1, -0.05) is 13.3 Å². The molecule has 1 fully saturated rings. The number of rotatable bonds is 2. The van der Waals surface area contributed by atoms with Gasteiger partial charge in [-0.05, 0) is 32.6 Å². The van der Waals surface area contributed by atoms with E-state index in [1.165, 1.54) is 13.8 Å². The maximum atomic E-state index is 12.2. The van der Waals surface area contributed by atoms with Crippen molar-refractivity contribution in [1.82, 2.24) is 0 Å².